The lowest BCUT2D eigenvalue weighted by Crippen LogP contribution is -2.12. The number of nitrogens with zero attached hydrogens (tertiary/aromatic N) is 6. The Labute approximate surface area is 533 Å². The lowest BCUT2D eigenvalue weighted by atomic mass is 10.0. The second kappa shape index (κ2) is 29.6. The standard InChI is InChI=1S/C78H68N6O8/c1-3-37-85-39-41-87-43-45-89-47-49-91-65-27-17-53(18-28-65)67-31-21-55-11-13-57-23-33-69(81-75(57)73(55)79-67)61-7-5-9-63(51-61)71-35-25-59-15-16-60-26-36-72(84-78(60)77(59)83-71)64-10-6-8-62(52-64)70-34-24-58-14-12-56-22-32-68(80-74(56)76(58)82-70)54-19-29-66(30-20-54)92-50-48-90-46-44-88-42-40-86-38-4-2/h3-36,51-52H,1-2,37-50H2. The van der Waals surface area contributed by atoms with E-state index in [1.807, 2.05) is 48.5 Å². The number of rotatable bonds is 30. The maximum Gasteiger partial charge on any atom is 0.119 e. The van der Waals surface area contributed by atoms with Crippen LogP contribution in [0.3, 0.4) is 0 Å². The van der Waals surface area contributed by atoms with Crippen LogP contribution in [-0.2, 0) is 28.4 Å². The molecule has 7 aromatic carbocycles. The molecule has 0 saturated heterocycles. The van der Waals surface area contributed by atoms with Crippen molar-refractivity contribution in [2.24, 2.45) is 0 Å². The van der Waals surface area contributed by atoms with Gasteiger partial charge in [0, 0.05) is 65.7 Å². The van der Waals surface area contributed by atoms with Gasteiger partial charge in [0.1, 0.15) is 24.7 Å². The molecule has 0 aliphatic carbocycles. The first-order valence-electron chi connectivity index (χ1n) is 31.0. The van der Waals surface area contributed by atoms with Crippen LogP contribution in [0.2, 0.25) is 0 Å². The first-order chi connectivity index (χ1) is 45.5. The van der Waals surface area contributed by atoms with E-state index in [0.29, 0.717) is 92.5 Å². The molecule has 0 spiro atoms. The van der Waals surface area contributed by atoms with Crippen LogP contribution in [0.25, 0.3) is 133 Å². The Hall–Kier alpha value is -10.2. The van der Waals surface area contributed by atoms with Crippen molar-refractivity contribution in [3.05, 3.63) is 232 Å². The van der Waals surface area contributed by atoms with E-state index < -0.39 is 0 Å². The number of pyridine rings is 6. The molecule has 14 nitrogen and oxygen atoms in total. The van der Waals surface area contributed by atoms with Gasteiger partial charge in [-0.2, -0.15) is 0 Å². The summed E-state index contributed by atoms with van der Waals surface area (Å²) in [6.45, 7) is 14.2. The monoisotopic (exact) mass is 1220 g/mol. The Morgan fingerprint density at radius 1 is 0.239 bits per heavy atom. The van der Waals surface area contributed by atoms with E-state index in [-0.39, 0.29) is 0 Å². The second-order valence-electron chi connectivity index (χ2n) is 21.9. The maximum atomic E-state index is 5.96. The topological polar surface area (TPSA) is 151 Å². The van der Waals surface area contributed by atoms with E-state index in [9.17, 15) is 0 Å². The molecule has 0 radical (unpaired) electrons. The van der Waals surface area contributed by atoms with Crippen molar-refractivity contribution in [2.75, 3.05) is 92.5 Å². The zero-order chi connectivity index (χ0) is 62.3. The fraction of sp³-hybridized carbons (Fsp3) is 0.179. The van der Waals surface area contributed by atoms with Gasteiger partial charge in [0.05, 0.1) is 147 Å². The van der Waals surface area contributed by atoms with Crippen molar-refractivity contribution in [1.82, 2.24) is 29.9 Å². The van der Waals surface area contributed by atoms with Gasteiger partial charge in [-0.25, -0.2) is 29.9 Å². The lowest BCUT2D eigenvalue weighted by Gasteiger charge is -2.11. The highest BCUT2D eigenvalue weighted by Gasteiger charge is 2.15. The third-order valence-corrected chi connectivity index (χ3v) is 15.7. The smallest absolute Gasteiger partial charge is 0.119 e. The molecule has 0 saturated carbocycles. The molecule has 6 aromatic heterocycles. The normalized spacial score (nSPS) is 11.6. The molecule has 14 heteroatoms. The van der Waals surface area contributed by atoms with Crippen molar-refractivity contribution in [1.29, 1.82) is 0 Å². The van der Waals surface area contributed by atoms with E-state index in [2.05, 4.69) is 171 Å². The van der Waals surface area contributed by atoms with Gasteiger partial charge in [0.25, 0.3) is 0 Å². The van der Waals surface area contributed by atoms with Gasteiger partial charge in [0.15, 0.2) is 0 Å². The molecule has 6 heterocycles. The number of hydrogen-bond acceptors (Lipinski definition) is 14. The third-order valence-electron chi connectivity index (χ3n) is 15.7. The highest BCUT2D eigenvalue weighted by molar-refractivity contribution is 6.06. The van der Waals surface area contributed by atoms with Gasteiger partial charge < -0.3 is 37.9 Å². The van der Waals surface area contributed by atoms with Crippen molar-refractivity contribution >= 4 is 65.4 Å². The minimum atomic E-state index is 0.430. The van der Waals surface area contributed by atoms with Crippen molar-refractivity contribution in [3.63, 3.8) is 0 Å². The Kier molecular flexibility index (Phi) is 19.6. The van der Waals surface area contributed by atoms with Crippen LogP contribution in [0.15, 0.2) is 232 Å². The van der Waals surface area contributed by atoms with Crippen LogP contribution < -0.4 is 9.47 Å². The third kappa shape index (κ3) is 14.5. The van der Waals surface area contributed by atoms with E-state index in [4.69, 9.17) is 67.8 Å². The molecule has 0 aliphatic rings. The largest absolute Gasteiger partial charge is 0.491 e. The predicted octanol–water partition coefficient (Wildman–Crippen LogP) is 16.2. The molecule has 458 valence electrons. The van der Waals surface area contributed by atoms with Gasteiger partial charge >= 0.3 is 0 Å². The molecule has 13 rings (SSSR count). The maximum absolute atomic E-state index is 5.96. The van der Waals surface area contributed by atoms with Gasteiger partial charge in [-0.1, -0.05) is 121 Å². The van der Waals surface area contributed by atoms with Gasteiger partial charge in [-0.3, -0.25) is 0 Å². The summed E-state index contributed by atoms with van der Waals surface area (Å²) in [6.07, 6.45) is 3.44. The first-order valence-corrected chi connectivity index (χ1v) is 31.0. The van der Waals surface area contributed by atoms with Gasteiger partial charge in [0.2, 0.25) is 0 Å². The molecule has 0 bridgehead atoms. The Morgan fingerprint density at radius 3 is 0.728 bits per heavy atom. The Morgan fingerprint density at radius 2 is 0.467 bits per heavy atom. The molecular weight excluding hydrogens is 1150 g/mol. The van der Waals surface area contributed by atoms with E-state index >= 15 is 0 Å². The van der Waals surface area contributed by atoms with Crippen LogP contribution in [0.4, 0.5) is 0 Å². The zero-order valence-corrected chi connectivity index (χ0v) is 51.0. The molecule has 0 atom stereocenters. The molecular formula is C78H68N6O8. The van der Waals surface area contributed by atoms with Gasteiger partial charge in [-0.15, -0.1) is 13.2 Å². The van der Waals surface area contributed by atoms with E-state index in [1.165, 1.54) is 0 Å². The van der Waals surface area contributed by atoms with Crippen molar-refractivity contribution in [2.45, 2.75) is 0 Å². The van der Waals surface area contributed by atoms with Crippen LogP contribution in [0.5, 0.6) is 11.5 Å². The summed E-state index contributed by atoms with van der Waals surface area (Å²) >= 11 is 0. The van der Waals surface area contributed by atoms with E-state index in [0.717, 1.165) is 144 Å². The molecule has 0 fully saturated rings. The fourth-order valence-electron chi connectivity index (χ4n) is 11.0. The summed E-state index contributed by atoms with van der Waals surface area (Å²) in [5, 5.41) is 6.05. The number of ether oxygens (including phenoxy) is 8. The number of aromatic nitrogens is 6. The summed E-state index contributed by atoms with van der Waals surface area (Å²) in [7, 11) is 0. The molecule has 92 heavy (non-hydrogen) atoms. The Bertz CT molecular complexity index is 4440. The molecule has 0 amide bonds. The number of benzene rings is 7. The molecule has 13 aromatic rings. The summed E-state index contributed by atoms with van der Waals surface area (Å²) in [6, 6.07) is 70.6. The van der Waals surface area contributed by atoms with Crippen LogP contribution in [-0.4, -0.2) is 122 Å². The van der Waals surface area contributed by atoms with Gasteiger partial charge in [-0.05, 0) is 97.1 Å². The SMILES string of the molecule is C=CCOCCOCCOCCOc1ccc(-c2ccc3ccc4ccc(-c5cccc(-c6ccc7ccc8ccc(-c9cccc(-c%10ccc%11ccc%12ccc(-c%13ccc(OCCOCCOCCOCC=C)cc%13)nc%12c%11n%10)c9)nc8c7n6)c5)nc4c3n2)cc1. The Balaban J connectivity index is 0.694. The quantitative estimate of drug-likeness (QED) is 0.0238. The average molecular weight is 1220 g/mol. The predicted molar refractivity (Wildman–Crippen MR) is 367 cm³/mol. The summed E-state index contributed by atoms with van der Waals surface area (Å²) in [5.74, 6) is 1.52. The van der Waals surface area contributed by atoms with Crippen molar-refractivity contribution < 1.29 is 37.9 Å². The van der Waals surface area contributed by atoms with Crippen LogP contribution in [0, 0.1) is 0 Å². The number of hydrogen-bond donors (Lipinski definition) is 0. The average Bonchev–Trinajstić information content (AvgIpc) is 0.810. The highest BCUT2D eigenvalue weighted by Crippen LogP contribution is 2.35. The van der Waals surface area contributed by atoms with E-state index in [1.54, 1.807) is 12.2 Å². The zero-order valence-electron chi connectivity index (χ0n) is 51.0. The summed E-state index contributed by atoms with van der Waals surface area (Å²) in [5.41, 5.74) is 15.9. The second-order valence-corrected chi connectivity index (χ2v) is 21.9. The summed E-state index contributed by atoms with van der Waals surface area (Å²) < 4.78 is 45.0. The molecule has 0 unspecified atom stereocenters. The van der Waals surface area contributed by atoms with Crippen molar-refractivity contribution in [3.8, 4) is 79.0 Å². The minimum absolute atomic E-state index is 0.430. The number of fused-ring (bicyclic) bond motifs is 9. The van der Waals surface area contributed by atoms with Crippen LogP contribution in [0.1, 0.15) is 0 Å². The lowest BCUT2D eigenvalue weighted by molar-refractivity contribution is 0.0135. The fourth-order valence-corrected chi connectivity index (χ4v) is 11.0. The summed E-state index contributed by atoms with van der Waals surface area (Å²) in [4.78, 5) is 31.7. The van der Waals surface area contributed by atoms with Crippen LogP contribution >= 0.6 is 0 Å². The molecule has 0 aliphatic heterocycles. The highest BCUT2D eigenvalue weighted by atomic mass is 16.6. The minimum Gasteiger partial charge on any atom is -0.491 e. The molecule has 0 N–H and O–H groups in total. The first kappa shape index (κ1) is 60.7.